The van der Waals surface area contributed by atoms with Gasteiger partial charge in [-0.15, -0.1) is 0 Å². The minimum absolute atomic E-state index is 0.142. The Labute approximate surface area is 98.8 Å². The number of hydrogen-bond acceptors (Lipinski definition) is 4. The third-order valence-electron chi connectivity index (χ3n) is 2.38. The molecule has 2 aromatic rings. The molecule has 0 bridgehead atoms. The average Bonchev–Trinajstić information content (AvgIpc) is 2.62. The minimum Gasteiger partial charge on any atom is -0.492 e. The predicted octanol–water partition coefficient (Wildman–Crippen LogP) is 3.46. The van der Waals surface area contributed by atoms with E-state index in [1.807, 2.05) is 38.1 Å². The van der Waals surface area contributed by atoms with Gasteiger partial charge < -0.3 is 10.4 Å². The van der Waals surface area contributed by atoms with E-state index >= 15 is 0 Å². The van der Waals surface area contributed by atoms with Gasteiger partial charge in [0, 0.05) is 5.69 Å². The molecular formula is C12H14N2OS. The molecule has 3 nitrogen and oxygen atoms in total. The van der Waals surface area contributed by atoms with E-state index in [0.29, 0.717) is 0 Å². The summed E-state index contributed by atoms with van der Waals surface area (Å²) in [6.07, 6.45) is 0.805. The zero-order valence-electron chi connectivity index (χ0n) is 9.32. The number of aryl methyl sites for hydroxylation is 2. The van der Waals surface area contributed by atoms with Crippen LogP contribution in [0.25, 0.3) is 0 Å². The molecule has 0 fully saturated rings. The summed E-state index contributed by atoms with van der Waals surface area (Å²) in [5, 5.41) is 13.5. The Kier molecular flexibility index (Phi) is 3.10. The second-order valence-corrected chi connectivity index (χ2v) is 4.64. The highest BCUT2D eigenvalue weighted by atomic mass is 32.1. The average molecular weight is 234 g/mol. The number of nitrogens with one attached hydrogen (secondary N) is 1. The van der Waals surface area contributed by atoms with Gasteiger partial charge in [-0.1, -0.05) is 36.5 Å². The zero-order valence-corrected chi connectivity index (χ0v) is 10.1. The lowest BCUT2D eigenvalue weighted by Crippen LogP contribution is -1.91. The van der Waals surface area contributed by atoms with Crippen LogP contribution >= 0.6 is 11.3 Å². The van der Waals surface area contributed by atoms with Crippen LogP contribution in [0.3, 0.4) is 0 Å². The summed E-state index contributed by atoms with van der Waals surface area (Å²) in [7, 11) is 0. The van der Waals surface area contributed by atoms with Crippen LogP contribution in [-0.2, 0) is 6.42 Å². The summed E-state index contributed by atoms with van der Waals surface area (Å²) in [5.74, 6) is 0.142. The van der Waals surface area contributed by atoms with Crippen molar-refractivity contribution < 1.29 is 5.11 Å². The van der Waals surface area contributed by atoms with E-state index in [0.717, 1.165) is 27.7 Å². The number of thiazole rings is 1. The largest absolute Gasteiger partial charge is 0.492 e. The minimum atomic E-state index is 0.142. The number of aromatic hydroxyl groups is 1. The van der Waals surface area contributed by atoms with Crippen molar-refractivity contribution in [1.29, 1.82) is 0 Å². The molecular weight excluding hydrogens is 220 g/mol. The highest BCUT2D eigenvalue weighted by Crippen LogP contribution is 2.30. The SMILES string of the molecule is CCc1sc(Nc2ccccc2C)nc1O. The molecule has 0 saturated heterocycles. The fraction of sp³-hybridized carbons (Fsp3) is 0.250. The first-order chi connectivity index (χ1) is 7.70. The molecule has 4 heteroatoms. The topological polar surface area (TPSA) is 45.2 Å². The smallest absolute Gasteiger partial charge is 0.227 e. The first-order valence-corrected chi connectivity index (χ1v) is 6.03. The lowest BCUT2D eigenvalue weighted by Gasteiger charge is -2.04. The molecule has 0 spiro atoms. The van der Waals surface area contributed by atoms with Crippen molar-refractivity contribution in [2.75, 3.05) is 5.32 Å². The normalized spacial score (nSPS) is 10.4. The van der Waals surface area contributed by atoms with Crippen molar-refractivity contribution in [2.24, 2.45) is 0 Å². The highest BCUT2D eigenvalue weighted by Gasteiger charge is 2.08. The number of anilines is 2. The number of hydrogen-bond donors (Lipinski definition) is 2. The molecule has 0 aliphatic heterocycles. The second kappa shape index (κ2) is 4.53. The van der Waals surface area contributed by atoms with E-state index in [-0.39, 0.29) is 5.88 Å². The van der Waals surface area contributed by atoms with Crippen LogP contribution in [0.4, 0.5) is 10.8 Å². The summed E-state index contributed by atoms with van der Waals surface area (Å²) >= 11 is 1.49. The molecule has 1 heterocycles. The van der Waals surface area contributed by atoms with Gasteiger partial charge in [-0.25, -0.2) is 0 Å². The Morgan fingerprint density at radius 3 is 2.75 bits per heavy atom. The van der Waals surface area contributed by atoms with E-state index in [9.17, 15) is 5.11 Å². The number of nitrogens with zero attached hydrogens (tertiary/aromatic N) is 1. The van der Waals surface area contributed by atoms with Crippen molar-refractivity contribution in [3.63, 3.8) is 0 Å². The van der Waals surface area contributed by atoms with Crippen molar-refractivity contribution in [1.82, 2.24) is 4.98 Å². The van der Waals surface area contributed by atoms with E-state index in [1.165, 1.54) is 11.3 Å². The Morgan fingerprint density at radius 2 is 2.12 bits per heavy atom. The van der Waals surface area contributed by atoms with Crippen molar-refractivity contribution in [3.05, 3.63) is 34.7 Å². The van der Waals surface area contributed by atoms with Crippen LogP contribution < -0.4 is 5.32 Å². The lowest BCUT2D eigenvalue weighted by atomic mass is 10.2. The molecule has 0 aliphatic carbocycles. The first kappa shape index (κ1) is 11.0. The summed E-state index contributed by atoms with van der Waals surface area (Å²) in [6.45, 7) is 4.04. The van der Waals surface area contributed by atoms with E-state index in [4.69, 9.17) is 0 Å². The predicted molar refractivity (Wildman–Crippen MR) is 67.6 cm³/mol. The first-order valence-electron chi connectivity index (χ1n) is 5.22. The molecule has 84 valence electrons. The number of para-hydroxylation sites is 1. The van der Waals surface area contributed by atoms with Crippen molar-refractivity contribution >= 4 is 22.2 Å². The van der Waals surface area contributed by atoms with Crippen LogP contribution in [0.15, 0.2) is 24.3 Å². The Hall–Kier alpha value is -1.55. The molecule has 1 aromatic carbocycles. The molecule has 0 saturated carbocycles. The number of benzene rings is 1. The fourth-order valence-electron chi connectivity index (χ4n) is 1.46. The maximum Gasteiger partial charge on any atom is 0.227 e. The van der Waals surface area contributed by atoms with Crippen LogP contribution in [0.2, 0.25) is 0 Å². The summed E-state index contributed by atoms with van der Waals surface area (Å²) in [4.78, 5) is 4.99. The summed E-state index contributed by atoms with van der Waals surface area (Å²) < 4.78 is 0. The van der Waals surface area contributed by atoms with Gasteiger partial charge in [-0.3, -0.25) is 0 Å². The molecule has 2 rings (SSSR count). The summed E-state index contributed by atoms with van der Waals surface area (Å²) in [5.41, 5.74) is 2.19. The quantitative estimate of drug-likeness (QED) is 0.854. The van der Waals surface area contributed by atoms with E-state index in [1.54, 1.807) is 0 Å². The van der Waals surface area contributed by atoms with Gasteiger partial charge in [0.1, 0.15) is 0 Å². The lowest BCUT2D eigenvalue weighted by molar-refractivity contribution is 0.452. The van der Waals surface area contributed by atoms with Gasteiger partial charge in [-0.2, -0.15) is 4.98 Å². The molecule has 0 amide bonds. The zero-order chi connectivity index (χ0) is 11.5. The molecule has 16 heavy (non-hydrogen) atoms. The third kappa shape index (κ3) is 2.17. The van der Waals surface area contributed by atoms with Crippen molar-refractivity contribution in [3.8, 4) is 5.88 Å². The van der Waals surface area contributed by atoms with Gasteiger partial charge in [0.05, 0.1) is 4.88 Å². The third-order valence-corrected chi connectivity index (χ3v) is 3.49. The van der Waals surface area contributed by atoms with E-state index < -0.39 is 0 Å². The standard InChI is InChI=1S/C12H14N2OS/c1-3-10-11(15)14-12(16-10)13-9-7-5-4-6-8(9)2/h4-7,15H,3H2,1-2H3,(H,13,14). The van der Waals surface area contributed by atoms with Gasteiger partial charge in [0.15, 0.2) is 5.13 Å². The van der Waals surface area contributed by atoms with Crippen LogP contribution in [0.5, 0.6) is 5.88 Å². The van der Waals surface area contributed by atoms with Gasteiger partial charge in [0.2, 0.25) is 5.88 Å². The summed E-state index contributed by atoms with van der Waals surface area (Å²) in [6, 6.07) is 8.01. The monoisotopic (exact) mass is 234 g/mol. The maximum atomic E-state index is 9.54. The maximum absolute atomic E-state index is 9.54. The number of rotatable bonds is 3. The molecule has 0 unspecified atom stereocenters. The Morgan fingerprint density at radius 1 is 1.38 bits per heavy atom. The van der Waals surface area contributed by atoms with Crippen molar-refractivity contribution in [2.45, 2.75) is 20.3 Å². The number of aromatic nitrogens is 1. The molecule has 1 aromatic heterocycles. The molecule has 0 radical (unpaired) electrons. The van der Waals surface area contributed by atoms with Crippen LogP contribution in [0, 0.1) is 6.92 Å². The highest BCUT2D eigenvalue weighted by molar-refractivity contribution is 7.15. The van der Waals surface area contributed by atoms with Gasteiger partial charge in [0.25, 0.3) is 0 Å². The van der Waals surface area contributed by atoms with Gasteiger partial charge in [-0.05, 0) is 25.0 Å². The molecule has 0 atom stereocenters. The van der Waals surface area contributed by atoms with Crippen LogP contribution in [-0.4, -0.2) is 10.1 Å². The van der Waals surface area contributed by atoms with Gasteiger partial charge >= 0.3 is 0 Å². The second-order valence-electron chi connectivity index (χ2n) is 3.56. The van der Waals surface area contributed by atoms with Crippen LogP contribution in [0.1, 0.15) is 17.4 Å². The fourth-order valence-corrected chi connectivity index (χ4v) is 2.26. The van der Waals surface area contributed by atoms with E-state index in [2.05, 4.69) is 10.3 Å². The Balaban J connectivity index is 2.24. The Bertz CT molecular complexity index is 494. The molecule has 0 aliphatic rings. The molecule has 2 N–H and O–H groups in total.